The molecule has 0 bridgehead atoms. The van der Waals surface area contributed by atoms with Crippen molar-refractivity contribution in [3.63, 3.8) is 0 Å². The number of aryl methyl sites for hydroxylation is 1. The number of rotatable bonds is 2. The van der Waals surface area contributed by atoms with E-state index in [2.05, 4.69) is 19.7 Å². The molecular formula is C15H16N6. The predicted octanol–water partition coefficient (Wildman–Crippen LogP) is 2.05. The van der Waals surface area contributed by atoms with Gasteiger partial charge in [0, 0.05) is 13.0 Å². The summed E-state index contributed by atoms with van der Waals surface area (Å²) in [5, 5.41) is 8.82. The maximum absolute atomic E-state index is 6.23. The Kier molecular flexibility index (Phi) is 2.73. The Morgan fingerprint density at radius 3 is 2.76 bits per heavy atom. The summed E-state index contributed by atoms with van der Waals surface area (Å²) < 4.78 is 2.10. The molecule has 0 spiro atoms. The Bertz CT molecular complexity index is 771. The van der Waals surface area contributed by atoms with Gasteiger partial charge in [0.15, 0.2) is 0 Å². The van der Waals surface area contributed by atoms with E-state index in [1.807, 2.05) is 30.3 Å². The van der Waals surface area contributed by atoms with E-state index >= 15 is 0 Å². The van der Waals surface area contributed by atoms with Crippen LogP contribution < -0.4 is 5.73 Å². The summed E-state index contributed by atoms with van der Waals surface area (Å²) in [6.07, 6.45) is 5.03. The molecule has 0 atom stereocenters. The third-order valence-electron chi connectivity index (χ3n) is 3.84. The molecule has 4 rings (SSSR count). The number of imidazole rings is 1. The lowest BCUT2D eigenvalue weighted by atomic mass is 10.2. The Labute approximate surface area is 122 Å². The highest BCUT2D eigenvalue weighted by atomic mass is 15.5. The second-order valence-electron chi connectivity index (χ2n) is 5.23. The van der Waals surface area contributed by atoms with Gasteiger partial charge in [0.25, 0.3) is 0 Å². The summed E-state index contributed by atoms with van der Waals surface area (Å²) in [5.74, 6) is 1.76. The smallest absolute Gasteiger partial charge is 0.135 e. The summed E-state index contributed by atoms with van der Waals surface area (Å²) in [7, 11) is 0. The molecule has 2 aromatic heterocycles. The monoisotopic (exact) mass is 280 g/mol. The Morgan fingerprint density at radius 1 is 1.10 bits per heavy atom. The fourth-order valence-electron chi connectivity index (χ4n) is 2.75. The number of anilines is 1. The third kappa shape index (κ3) is 1.99. The minimum atomic E-state index is 0.699. The fraction of sp³-hybridized carbons (Fsp3) is 0.267. The zero-order chi connectivity index (χ0) is 14.2. The van der Waals surface area contributed by atoms with Crippen molar-refractivity contribution in [1.29, 1.82) is 0 Å². The van der Waals surface area contributed by atoms with E-state index in [9.17, 15) is 0 Å². The van der Waals surface area contributed by atoms with Crippen LogP contribution in [0, 0.1) is 0 Å². The first kappa shape index (κ1) is 12.1. The molecule has 6 heteroatoms. The number of para-hydroxylation sites is 1. The summed E-state index contributed by atoms with van der Waals surface area (Å²) in [6.45, 7) is 0.945. The van der Waals surface area contributed by atoms with Gasteiger partial charge in [-0.15, -0.1) is 5.10 Å². The Morgan fingerprint density at radius 2 is 1.95 bits per heavy atom. The van der Waals surface area contributed by atoms with Crippen LogP contribution >= 0.6 is 0 Å². The van der Waals surface area contributed by atoms with Crippen molar-refractivity contribution in [2.75, 3.05) is 5.73 Å². The first-order valence-electron chi connectivity index (χ1n) is 7.16. The molecule has 2 N–H and O–H groups in total. The SMILES string of the molecule is Nc1c(-c2cnn(-c3ccccc3)n2)nc2n1CCCC2. The molecule has 6 nitrogen and oxygen atoms in total. The molecule has 0 saturated carbocycles. The molecule has 0 saturated heterocycles. The average Bonchev–Trinajstić information content (AvgIpc) is 3.14. The van der Waals surface area contributed by atoms with Gasteiger partial charge in [-0.25, -0.2) is 4.98 Å². The number of nitrogens with two attached hydrogens (primary N) is 1. The van der Waals surface area contributed by atoms with Gasteiger partial charge in [-0.05, 0) is 25.0 Å². The fourth-order valence-corrected chi connectivity index (χ4v) is 2.75. The molecule has 106 valence electrons. The second-order valence-corrected chi connectivity index (χ2v) is 5.23. The molecule has 21 heavy (non-hydrogen) atoms. The molecule has 1 aliphatic heterocycles. The lowest BCUT2D eigenvalue weighted by molar-refractivity contribution is 0.527. The van der Waals surface area contributed by atoms with Crippen molar-refractivity contribution in [3.05, 3.63) is 42.4 Å². The molecule has 0 radical (unpaired) electrons. The first-order chi connectivity index (χ1) is 10.3. The highest BCUT2D eigenvalue weighted by Crippen LogP contribution is 2.28. The van der Waals surface area contributed by atoms with Gasteiger partial charge in [0.2, 0.25) is 0 Å². The van der Waals surface area contributed by atoms with Gasteiger partial charge in [-0.1, -0.05) is 18.2 Å². The number of aromatic nitrogens is 5. The van der Waals surface area contributed by atoms with E-state index < -0.39 is 0 Å². The lowest BCUT2D eigenvalue weighted by Gasteiger charge is -2.13. The van der Waals surface area contributed by atoms with Crippen LogP contribution in [0.2, 0.25) is 0 Å². The molecule has 0 amide bonds. The molecule has 1 aromatic carbocycles. The van der Waals surface area contributed by atoms with Crippen LogP contribution in [-0.2, 0) is 13.0 Å². The van der Waals surface area contributed by atoms with E-state index in [0.717, 1.165) is 42.3 Å². The zero-order valence-corrected chi connectivity index (χ0v) is 11.6. The van der Waals surface area contributed by atoms with Crippen molar-refractivity contribution in [2.45, 2.75) is 25.8 Å². The summed E-state index contributed by atoms with van der Waals surface area (Å²) in [6, 6.07) is 9.82. The maximum Gasteiger partial charge on any atom is 0.135 e. The third-order valence-corrected chi connectivity index (χ3v) is 3.84. The van der Waals surface area contributed by atoms with Crippen molar-refractivity contribution in [3.8, 4) is 17.1 Å². The average molecular weight is 280 g/mol. The van der Waals surface area contributed by atoms with Crippen molar-refractivity contribution in [1.82, 2.24) is 24.5 Å². The van der Waals surface area contributed by atoms with Crippen LogP contribution in [0.5, 0.6) is 0 Å². The summed E-state index contributed by atoms with van der Waals surface area (Å²) in [5.41, 5.74) is 8.62. The van der Waals surface area contributed by atoms with Crippen LogP contribution in [0.15, 0.2) is 36.5 Å². The van der Waals surface area contributed by atoms with E-state index in [4.69, 9.17) is 5.73 Å². The standard InChI is InChI=1S/C15H16N6/c16-15-14(18-13-8-4-5-9-20(13)15)12-10-17-21(19-12)11-6-2-1-3-7-11/h1-3,6-7,10H,4-5,8-9,16H2. The second kappa shape index (κ2) is 4.73. The topological polar surface area (TPSA) is 74.6 Å². The zero-order valence-electron chi connectivity index (χ0n) is 11.6. The number of hydrogen-bond acceptors (Lipinski definition) is 4. The number of fused-ring (bicyclic) bond motifs is 1. The van der Waals surface area contributed by atoms with Gasteiger partial charge in [0.1, 0.15) is 23.0 Å². The first-order valence-corrected chi connectivity index (χ1v) is 7.16. The number of nitrogens with zero attached hydrogens (tertiary/aromatic N) is 5. The van der Waals surface area contributed by atoms with Crippen LogP contribution in [0.25, 0.3) is 17.1 Å². The van der Waals surface area contributed by atoms with E-state index in [1.54, 1.807) is 11.0 Å². The van der Waals surface area contributed by atoms with Crippen LogP contribution in [0.1, 0.15) is 18.7 Å². The molecule has 3 aromatic rings. The van der Waals surface area contributed by atoms with Crippen molar-refractivity contribution in [2.24, 2.45) is 0 Å². The minimum Gasteiger partial charge on any atom is -0.383 e. The molecule has 0 aliphatic carbocycles. The number of hydrogen-bond donors (Lipinski definition) is 1. The van der Waals surface area contributed by atoms with Crippen molar-refractivity contribution < 1.29 is 0 Å². The molecule has 1 aliphatic rings. The Balaban J connectivity index is 1.75. The maximum atomic E-state index is 6.23. The van der Waals surface area contributed by atoms with E-state index in [1.165, 1.54) is 6.42 Å². The summed E-state index contributed by atoms with van der Waals surface area (Å²) >= 11 is 0. The van der Waals surface area contributed by atoms with Gasteiger partial charge in [-0.2, -0.15) is 9.90 Å². The molecule has 3 heterocycles. The van der Waals surface area contributed by atoms with Crippen LogP contribution in [0.4, 0.5) is 5.82 Å². The van der Waals surface area contributed by atoms with Gasteiger partial charge in [-0.3, -0.25) is 0 Å². The quantitative estimate of drug-likeness (QED) is 0.779. The normalized spacial score (nSPS) is 14.1. The minimum absolute atomic E-state index is 0.699. The van der Waals surface area contributed by atoms with Crippen LogP contribution in [-0.4, -0.2) is 24.5 Å². The van der Waals surface area contributed by atoms with Gasteiger partial charge >= 0.3 is 0 Å². The highest BCUT2D eigenvalue weighted by Gasteiger charge is 2.20. The van der Waals surface area contributed by atoms with Gasteiger partial charge in [0.05, 0.1) is 11.9 Å². The molecule has 0 fully saturated rings. The summed E-state index contributed by atoms with van der Waals surface area (Å²) in [4.78, 5) is 6.25. The largest absolute Gasteiger partial charge is 0.383 e. The number of nitrogen functional groups attached to an aromatic ring is 1. The van der Waals surface area contributed by atoms with Crippen LogP contribution in [0.3, 0.4) is 0 Å². The lowest BCUT2D eigenvalue weighted by Crippen LogP contribution is -2.12. The van der Waals surface area contributed by atoms with Crippen molar-refractivity contribution >= 4 is 5.82 Å². The van der Waals surface area contributed by atoms with Gasteiger partial charge < -0.3 is 10.3 Å². The molecule has 0 unspecified atom stereocenters. The predicted molar refractivity (Wildman–Crippen MR) is 79.9 cm³/mol. The van der Waals surface area contributed by atoms with E-state index in [-0.39, 0.29) is 0 Å². The number of benzene rings is 1. The molecular weight excluding hydrogens is 264 g/mol. The Hall–Kier alpha value is -2.63. The highest BCUT2D eigenvalue weighted by molar-refractivity contribution is 5.67. The van der Waals surface area contributed by atoms with E-state index in [0.29, 0.717) is 5.82 Å².